The highest BCUT2D eigenvalue weighted by Gasteiger charge is 2.26. The van der Waals surface area contributed by atoms with Gasteiger partial charge in [-0.05, 0) is 51.8 Å². The smallest absolute Gasteiger partial charge is 0.277 e. The summed E-state index contributed by atoms with van der Waals surface area (Å²) in [5, 5.41) is 14.2. The minimum atomic E-state index is -0.455. The number of aryl methyl sites for hydroxylation is 2. The van der Waals surface area contributed by atoms with Crippen LogP contribution >= 0.6 is 0 Å². The quantitative estimate of drug-likeness (QED) is 0.523. The fourth-order valence-corrected chi connectivity index (χ4v) is 2.91. The number of rotatable bonds is 4. The summed E-state index contributed by atoms with van der Waals surface area (Å²) in [4.78, 5) is 36.1. The zero-order valence-corrected chi connectivity index (χ0v) is 15.2. The third kappa shape index (κ3) is 3.05. The van der Waals surface area contributed by atoms with Crippen LogP contribution in [0, 0.1) is 24.0 Å². The van der Waals surface area contributed by atoms with Gasteiger partial charge in [0.1, 0.15) is 5.56 Å². The number of hydrogen-bond acceptors (Lipinski definition) is 4. The number of hydrogen-bond donors (Lipinski definition) is 1. The van der Waals surface area contributed by atoms with Gasteiger partial charge in [0.15, 0.2) is 0 Å². The number of carbonyl (C=O) groups excluding carboxylic acids is 1. The molecule has 0 spiro atoms. The maximum absolute atomic E-state index is 12.9. The molecule has 0 aliphatic rings. The zero-order valence-electron chi connectivity index (χ0n) is 15.2. The lowest BCUT2D eigenvalue weighted by Crippen LogP contribution is -2.20. The molecule has 1 heterocycles. The number of aromatic amines is 1. The normalized spacial score (nSPS) is 10.6. The molecule has 7 nitrogen and oxygen atoms in total. The maximum atomic E-state index is 12.9. The van der Waals surface area contributed by atoms with E-state index in [1.54, 1.807) is 20.8 Å². The van der Waals surface area contributed by atoms with E-state index in [-0.39, 0.29) is 11.3 Å². The Bertz CT molecular complexity index is 973. The van der Waals surface area contributed by atoms with Gasteiger partial charge in [-0.3, -0.25) is 29.5 Å². The van der Waals surface area contributed by atoms with Crippen molar-refractivity contribution < 1.29 is 9.72 Å². The fraction of sp³-hybridized carbons (Fsp3) is 0.333. The summed E-state index contributed by atoms with van der Waals surface area (Å²) < 4.78 is 1.24. The number of benzene rings is 1. The number of H-pyrrole nitrogens is 1. The molecule has 1 aromatic heterocycles. The molecule has 0 atom stereocenters. The van der Waals surface area contributed by atoms with Crippen LogP contribution in [0.3, 0.4) is 0 Å². The summed E-state index contributed by atoms with van der Waals surface area (Å²) >= 11 is 0. The van der Waals surface area contributed by atoms with Crippen molar-refractivity contribution in [3.63, 3.8) is 0 Å². The first kappa shape index (κ1) is 18.4. The monoisotopic (exact) mass is 343 g/mol. The van der Waals surface area contributed by atoms with Crippen LogP contribution in [0.15, 0.2) is 22.5 Å². The first-order valence-corrected chi connectivity index (χ1v) is 7.80. The van der Waals surface area contributed by atoms with Gasteiger partial charge in [-0.25, -0.2) is 0 Å². The van der Waals surface area contributed by atoms with Crippen LogP contribution < -0.4 is 5.56 Å². The lowest BCUT2D eigenvalue weighted by atomic mass is 9.90. The van der Waals surface area contributed by atoms with E-state index in [0.717, 1.165) is 11.1 Å². The predicted molar refractivity (Wildman–Crippen MR) is 96.0 cm³/mol. The Balaban J connectivity index is 2.79. The molecule has 132 valence electrons. The summed E-state index contributed by atoms with van der Waals surface area (Å²) in [6.07, 6.45) is 0. The number of carbonyl (C=O) groups is 1. The SMILES string of the molecule is CC(C)=C(C)c1c([N+](=O)[O-])ccc(C(=O)c2c(C)[nH]n(C)c2=O)c1C. The summed E-state index contributed by atoms with van der Waals surface area (Å²) in [6, 6.07) is 2.75. The molecule has 25 heavy (non-hydrogen) atoms. The molecule has 0 saturated carbocycles. The van der Waals surface area contributed by atoms with Crippen LogP contribution in [-0.4, -0.2) is 20.5 Å². The second-order valence-corrected chi connectivity index (χ2v) is 6.32. The van der Waals surface area contributed by atoms with Crippen molar-refractivity contribution in [2.75, 3.05) is 0 Å². The molecule has 0 radical (unpaired) electrons. The Morgan fingerprint density at radius 1 is 1.16 bits per heavy atom. The second-order valence-electron chi connectivity index (χ2n) is 6.32. The first-order chi connectivity index (χ1) is 11.6. The van der Waals surface area contributed by atoms with Crippen molar-refractivity contribution in [2.24, 2.45) is 7.05 Å². The molecular formula is C18H21N3O4. The average molecular weight is 343 g/mol. The molecule has 0 bridgehead atoms. The Kier molecular flexibility index (Phi) is 4.78. The Hall–Kier alpha value is -2.96. The van der Waals surface area contributed by atoms with Crippen LogP contribution in [0.4, 0.5) is 5.69 Å². The molecule has 0 unspecified atom stereocenters. The highest BCUT2D eigenvalue weighted by molar-refractivity contribution is 6.11. The van der Waals surface area contributed by atoms with Crippen LogP contribution in [-0.2, 0) is 7.05 Å². The molecule has 1 aromatic carbocycles. The average Bonchev–Trinajstić information content (AvgIpc) is 2.78. The lowest BCUT2D eigenvalue weighted by Gasteiger charge is -2.13. The van der Waals surface area contributed by atoms with Gasteiger partial charge in [0.05, 0.1) is 10.5 Å². The highest BCUT2D eigenvalue weighted by Crippen LogP contribution is 2.33. The van der Waals surface area contributed by atoms with Crippen molar-refractivity contribution in [3.8, 4) is 0 Å². The zero-order chi connectivity index (χ0) is 19.0. The van der Waals surface area contributed by atoms with E-state index < -0.39 is 16.3 Å². The van der Waals surface area contributed by atoms with Gasteiger partial charge in [-0.15, -0.1) is 0 Å². The van der Waals surface area contributed by atoms with Crippen molar-refractivity contribution in [2.45, 2.75) is 34.6 Å². The van der Waals surface area contributed by atoms with Crippen molar-refractivity contribution in [1.82, 2.24) is 9.78 Å². The van der Waals surface area contributed by atoms with Gasteiger partial charge in [0, 0.05) is 24.4 Å². The van der Waals surface area contributed by atoms with E-state index in [2.05, 4.69) is 5.10 Å². The Labute approximate surface area is 145 Å². The Morgan fingerprint density at radius 2 is 1.76 bits per heavy atom. The second kappa shape index (κ2) is 6.51. The van der Waals surface area contributed by atoms with Crippen molar-refractivity contribution >= 4 is 17.0 Å². The van der Waals surface area contributed by atoms with Gasteiger partial charge in [0.25, 0.3) is 11.2 Å². The summed E-state index contributed by atoms with van der Waals surface area (Å²) in [5.74, 6) is -0.436. The number of ketones is 1. The number of aromatic nitrogens is 2. The van der Waals surface area contributed by atoms with Crippen molar-refractivity contribution in [3.05, 3.63) is 66.1 Å². The molecule has 1 N–H and O–H groups in total. The van der Waals surface area contributed by atoms with E-state index in [0.29, 0.717) is 22.4 Å². The molecule has 7 heteroatoms. The molecule has 2 aromatic rings. The molecular weight excluding hydrogens is 322 g/mol. The molecule has 0 aliphatic carbocycles. The summed E-state index contributed by atoms with van der Waals surface area (Å²) in [7, 11) is 1.54. The molecule has 2 rings (SSSR count). The minimum Gasteiger partial charge on any atom is -0.299 e. The number of nitro benzene ring substituents is 1. The number of nitro groups is 1. The topological polar surface area (TPSA) is 98.0 Å². The fourth-order valence-electron chi connectivity index (χ4n) is 2.91. The van der Waals surface area contributed by atoms with Gasteiger partial charge >= 0.3 is 0 Å². The van der Waals surface area contributed by atoms with Gasteiger partial charge in [-0.2, -0.15) is 0 Å². The standard InChI is InChI=1S/C18H21N3O4/c1-9(2)10(3)15-11(4)13(7-8-14(15)21(24)25)17(22)16-12(5)19-20(6)18(16)23/h7-8,19H,1-6H3. The maximum Gasteiger partial charge on any atom is 0.277 e. The van der Waals surface area contributed by atoms with E-state index in [1.165, 1.54) is 23.9 Å². The van der Waals surface area contributed by atoms with Gasteiger partial charge in [-0.1, -0.05) is 5.57 Å². The first-order valence-electron chi connectivity index (χ1n) is 7.80. The lowest BCUT2D eigenvalue weighted by molar-refractivity contribution is -0.385. The molecule has 0 saturated heterocycles. The van der Waals surface area contributed by atoms with Crippen LogP contribution in [0.1, 0.15) is 53.5 Å². The van der Waals surface area contributed by atoms with Crippen molar-refractivity contribution in [1.29, 1.82) is 0 Å². The Morgan fingerprint density at radius 3 is 2.20 bits per heavy atom. The highest BCUT2D eigenvalue weighted by atomic mass is 16.6. The predicted octanol–water partition coefficient (Wildman–Crippen LogP) is 3.28. The van der Waals surface area contributed by atoms with Gasteiger partial charge < -0.3 is 0 Å². The minimum absolute atomic E-state index is 0.0496. The number of nitrogens with one attached hydrogen (secondary N) is 1. The van der Waals surface area contributed by atoms with E-state index in [1.807, 2.05) is 13.8 Å². The van der Waals surface area contributed by atoms with E-state index in [4.69, 9.17) is 0 Å². The van der Waals surface area contributed by atoms with Crippen LogP contribution in [0.25, 0.3) is 5.57 Å². The number of allylic oxidation sites excluding steroid dienone is 2. The third-order valence-corrected chi connectivity index (χ3v) is 4.47. The van der Waals surface area contributed by atoms with Crippen LogP contribution in [0.2, 0.25) is 0 Å². The van der Waals surface area contributed by atoms with E-state index in [9.17, 15) is 19.7 Å². The van der Waals surface area contributed by atoms with Crippen LogP contribution in [0.5, 0.6) is 0 Å². The van der Waals surface area contributed by atoms with E-state index >= 15 is 0 Å². The van der Waals surface area contributed by atoms with Gasteiger partial charge in [0.2, 0.25) is 5.78 Å². The third-order valence-electron chi connectivity index (χ3n) is 4.47. The molecule has 0 aliphatic heterocycles. The molecule has 0 fully saturated rings. The summed E-state index contributed by atoms with van der Waals surface area (Å²) in [6.45, 7) is 8.84. The largest absolute Gasteiger partial charge is 0.299 e. The molecule has 0 amide bonds. The summed E-state index contributed by atoms with van der Waals surface area (Å²) in [5.41, 5.74) is 2.95. The number of nitrogens with zero attached hydrogens (tertiary/aromatic N) is 2.